The molecule has 3 aliphatic rings. The molecule has 3 aliphatic heterocycles. The van der Waals surface area contributed by atoms with Crippen molar-refractivity contribution >= 4 is 88.2 Å². The molecule has 0 spiro atoms. The third-order valence-electron chi connectivity index (χ3n) is 14.9. The average Bonchev–Trinajstić information content (AvgIpc) is 0.902. The second kappa shape index (κ2) is 31.7. The molecular formula is C60H71N15O15. The van der Waals surface area contributed by atoms with E-state index >= 15 is 0 Å². The number of carboxylic acid groups (broad SMARTS) is 3. The molecule has 476 valence electrons. The zero-order valence-electron chi connectivity index (χ0n) is 50.1. The van der Waals surface area contributed by atoms with Gasteiger partial charge in [0.25, 0.3) is 0 Å². The number of aromatic carboxylic acids is 3. The Bertz CT molecular complexity index is 3660. The van der Waals surface area contributed by atoms with Crippen molar-refractivity contribution in [3.63, 3.8) is 0 Å². The quantitative estimate of drug-likeness (QED) is 0.0191. The lowest BCUT2D eigenvalue weighted by atomic mass is 9.82. The molecule has 0 saturated heterocycles. The molecule has 12 amide bonds. The van der Waals surface area contributed by atoms with Gasteiger partial charge in [0, 0.05) is 61.9 Å². The topological polar surface area (TPSA) is 435 Å². The van der Waals surface area contributed by atoms with Crippen molar-refractivity contribution in [2.45, 2.75) is 93.0 Å². The van der Waals surface area contributed by atoms with Gasteiger partial charge in [-0.15, -0.1) is 0 Å². The maximum atomic E-state index is 14.3. The number of urea groups is 6. The van der Waals surface area contributed by atoms with Gasteiger partial charge in [-0.25, -0.2) is 43.2 Å². The predicted molar refractivity (Wildman–Crippen MR) is 332 cm³/mol. The number of nitrogens with zero attached hydrogens (tertiary/aromatic N) is 3. The number of carboxylic acids is 3. The fourth-order valence-electron chi connectivity index (χ4n) is 10.6. The summed E-state index contributed by atoms with van der Waals surface area (Å²) in [6, 6.07) is 6.38. The molecule has 8 rings (SSSR count). The first-order valence-corrected chi connectivity index (χ1v) is 28.8. The van der Waals surface area contributed by atoms with Gasteiger partial charge in [0.15, 0.2) is 0 Å². The summed E-state index contributed by atoms with van der Waals surface area (Å²) in [7, 11) is 0. The van der Waals surface area contributed by atoms with Crippen molar-refractivity contribution < 1.29 is 72.7 Å². The van der Waals surface area contributed by atoms with Crippen LogP contribution in [-0.2, 0) is 67.9 Å². The largest absolute Gasteiger partial charge is 0.490 e. The van der Waals surface area contributed by atoms with Crippen LogP contribution in [0.1, 0.15) is 113 Å². The van der Waals surface area contributed by atoms with Gasteiger partial charge in [0.05, 0.1) is 77.2 Å². The Morgan fingerprint density at radius 2 is 0.789 bits per heavy atom. The van der Waals surface area contributed by atoms with E-state index in [0.717, 1.165) is 34.4 Å². The molecule has 6 bridgehead atoms. The Labute approximate surface area is 516 Å². The van der Waals surface area contributed by atoms with E-state index in [1.807, 2.05) is 20.8 Å². The minimum absolute atomic E-state index is 0.0112. The average molecular weight is 1240 g/mol. The van der Waals surface area contributed by atoms with Crippen LogP contribution in [0.4, 0.5) is 62.9 Å². The van der Waals surface area contributed by atoms with Gasteiger partial charge in [0.2, 0.25) is 0 Å². The molecule has 0 radical (unpaired) electrons. The zero-order chi connectivity index (χ0) is 65.0. The minimum Gasteiger partial charge on any atom is -0.490 e. The van der Waals surface area contributed by atoms with E-state index in [0.29, 0.717) is 47.1 Å². The first-order valence-electron chi connectivity index (χ1n) is 28.8. The molecule has 5 aromatic rings. The molecule has 90 heavy (non-hydrogen) atoms. The number of azide groups is 1. The summed E-state index contributed by atoms with van der Waals surface area (Å²) >= 11 is 0. The summed E-state index contributed by atoms with van der Waals surface area (Å²) in [6.45, 7) is 8.33. The van der Waals surface area contributed by atoms with E-state index in [4.69, 9.17) is 19.7 Å². The number of ether oxygens (including phenoxy) is 3. The summed E-state index contributed by atoms with van der Waals surface area (Å²) < 4.78 is 17.7. The highest BCUT2D eigenvalue weighted by molar-refractivity contribution is 6.04. The second-order valence-corrected chi connectivity index (χ2v) is 20.3. The van der Waals surface area contributed by atoms with Crippen molar-refractivity contribution in [3.8, 4) is 5.75 Å². The summed E-state index contributed by atoms with van der Waals surface area (Å²) in [5, 5.41) is 66.8. The number of carbonyl (C=O) groups is 9. The third-order valence-corrected chi connectivity index (χ3v) is 14.9. The number of benzene rings is 5. The van der Waals surface area contributed by atoms with Gasteiger partial charge in [-0.05, 0) is 150 Å². The maximum absolute atomic E-state index is 14.3. The number of amides is 12. The lowest BCUT2D eigenvalue weighted by Gasteiger charge is -2.27. The first kappa shape index (κ1) is 66.7. The minimum atomic E-state index is -1.34. The van der Waals surface area contributed by atoms with Crippen LogP contribution in [0, 0.1) is 13.8 Å². The van der Waals surface area contributed by atoms with Crippen molar-refractivity contribution in [1.29, 1.82) is 0 Å². The zero-order valence-corrected chi connectivity index (χ0v) is 50.1. The fraction of sp³-hybridized carbons (Fsp3) is 0.350. The van der Waals surface area contributed by atoms with Crippen LogP contribution >= 0.6 is 0 Å². The maximum Gasteiger partial charge on any atom is 0.335 e. The molecule has 15 N–H and O–H groups in total. The smallest absolute Gasteiger partial charge is 0.335 e. The molecule has 0 fully saturated rings. The highest BCUT2D eigenvalue weighted by Gasteiger charge is 2.27. The number of nitrogens with one attached hydrogen (secondary N) is 12. The monoisotopic (exact) mass is 1240 g/mol. The highest BCUT2D eigenvalue weighted by atomic mass is 16.5. The van der Waals surface area contributed by atoms with Crippen LogP contribution in [-0.4, -0.2) is 116 Å². The summed E-state index contributed by atoms with van der Waals surface area (Å²) in [5.74, 6) is -3.87. The Morgan fingerprint density at radius 3 is 1.17 bits per heavy atom. The summed E-state index contributed by atoms with van der Waals surface area (Å²) in [5.41, 5.74) is 14.1. The van der Waals surface area contributed by atoms with E-state index in [-0.39, 0.29) is 153 Å². The van der Waals surface area contributed by atoms with E-state index < -0.39 is 54.1 Å². The second-order valence-electron chi connectivity index (χ2n) is 20.3. The van der Waals surface area contributed by atoms with Crippen molar-refractivity contribution in [1.82, 2.24) is 31.9 Å². The number of anilines is 6. The van der Waals surface area contributed by atoms with Gasteiger partial charge in [0.1, 0.15) is 12.4 Å². The number of hydrogen-bond donors (Lipinski definition) is 15. The molecule has 30 heteroatoms. The van der Waals surface area contributed by atoms with E-state index in [1.54, 1.807) is 13.8 Å². The molecule has 3 heterocycles. The molecule has 0 atom stereocenters. The van der Waals surface area contributed by atoms with Gasteiger partial charge in [-0.2, -0.15) is 0 Å². The van der Waals surface area contributed by atoms with Crippen LogP contribution < -0.4 is 68.5 Å². The summed E-state index contributed by atoms with van der Waals surface area (Å²) in [6.07, 6.45) is 1.48. The Kier molecular flexibility index (Phi) is 23.5. The highest BCUT2D eigenvalue weighted by Crippen LogP contribution is 2.36. The molecule has 0 aliphatic carbocycles. The number of rotatable bonds is 16. The van der Waals surface area contributed by atoms with Crippen LogP contribution in [0.5, 0.6) is 5.75 Å². The van der Waals surface area contributed by atoms with Crippen molar-refractivity contribution in [2.24, 2.45) is 5.11 Å². The normalized spacial score (nSPS) is 14.1. The van der Waals surface area contributed by atoms with Crippen LogP contribution in [0.15, 0.2) is 59.7 Å². The Morgan fingerprint density at radius 1 is 0.456 bits per heavy atom. The third kappa shape index (κ3) is 17.2. The van der Waals surface area contributed by atoms with Gasteiger partial charge < -0.3 is 93.3 Å². The number of hydrogen-bond acceptors (Lipinski definition) is 13. The standard InChI is InChI=1S/C60H71N15O15/c1-6-36-39-15-16-62-55(82)69-45-12-9-33(52(76)77)23-48(45)73-59(86)64-27-41-31(4)40-26-63-58(85)72-49-24-34(53(78)79)10-13-46(49)70-56(83)66-29-43(36)38(8-3)44(37(39)7-2)30-67-57(84)71-47-14-11-35(54(80)81)25-50(47)74-60(87)65-28-42(32(40)5)51(41)90-22-21-89-20-19-88-18-17-68-75-61/h9-14,23-25H,6-8,15-22,26-30H2,1-5H3,(H,76,77)(H,78,79)(H,80,81)(H2,62,69,82)(H2,63,72,85)(H2,64,73,86)(H2,65,74,87)(H2,66,70,83)(H2,67,71,84). The van der Waals surface area contributed by atoms with E-state index in [2.05, 4.69) is 73.8 Å². The summed E-state index contributed by atoms with van der Waals surface area (Å²) in [4.78, 5) is 125. The van der Waals surface area contributed by atoms with Crippen molar-refractivity contribution in [3.05, 3.63) is 143 Å². The first-order chi connectivity index (χ1) is 43.2. The van der Waals surface area contributed by atoms with Crippen LogP contribution in [0.25, 0.3) is 10.4 Å². The predicted octanol–water partition coefficient (Wildman–Crippen LogP) is 8.41. The lowest BCUT2D eigenvalue weighted by Crippen LogP contribution is -2.34. The van der Waals surface area contributed by atoms with Gasteiger partial charge in [-0.3, -0.25) is 0 Å². The molecule has 5 aromatic carbocycles. The van der Waals surface area contributed by atoms with Crippen molar-refractivity contribution in [2.75, 3.05) is 78.0 Å². The lowest BCUT2D eigenvalue weighted by molar-refractivity contribution is 0.0385. The van der Waals surface area contributed by atoms with Gasteiger partial charge in [-0.1, -0.05) is 25.9 Å². The Hall–Kier alpha value is -10.8. The van der Waals surface area contributed by atoms with Crippen LogP contribution in [0.2, 0.25) is 0 Å². The molecule has 0 saturated carbocycles. The SMILES string of the molecule is CCc1c2c(CC)c3c(CC)c1CNC(=O)Nc1ccc(C(=O)O)cc1NC(=O)NCc1c(C)c(c(OCCOCCOCCN=[N+]=[N-])c(c1C)CNC(=O)Nc1cc(C(=O)O)ccc1NC(=O)NC3)CNC(=O)Nc1cc(C(=O)O)ccc1NC(=O)NCC2. The molecule has 0 aromatic heterocycles. The molecule has 30 nitrogen and oxygen atoms in total. The number of fused-ring (bicyclic) bond motifs is 19. The van der Waals surface area contributed by atoms with Gasteiger partial charge >= 0.3 is 54.1 Å². The fourth-order valence-corrected chi connectivity index (χ4v) is 10.6. The number of carbonyl (C=O) groups excluding carboxylic acids is 6. The van der Waals surface area contributed by atoms with Crippen LogP contribution in [0.3, 0.4) is 0 Å². The molecular weight excluding hydrogens is 1170 g/mol. The van der Waals surface area contributed by atoms with E-state index in [1.165, 1.54) is 42.5 Å². The molecule has 0 unspecified atom stereocenters. The van der Waals surface area contributed by atoms with E-state index in [9.17, 15) is 58.5 Å². The Balaban J connectivity index is 1.42.